The molecule has 0 fully saturated rings. The Morgan fingerprint density at radius 1 is 1.29 bits per heavy atom. The first-order valence-corrected chi connectivity index (χ1v) is 6.53. The number of hydrogen-bond donors (Lipinski definition) is 1. The molecule has 0 atom stereocenters. The average molecular weight is 248 g/mol. The number of rotatable bonds is 5. The molecule has 4 heteroatoms. The monoisotopic (exact) mass is 248 g/mol. The molecule has 0 bridgehead atoms. The van der Waals surface area contributed by atoms with Crippen LogP contribution in [0.1, 0.15) is 12.1 Å². The van der Waals surface area contributed by atoms with Crippen molar-refractivity contribution in [3.8, 4) is 16.3 Å². The van der Waals surface area contributed by atoms with Gasteiger partial charge in [-0.2, -0.15) is 0 Å². The third-order valence-electron chi connectivity index (χ3n) is 2.34. The lowest BCUT2D eigenvalue weighted by atomic mass is 10.2. The molecule has 2 rings (SSSR count). The normalized spacial score (nSPS) is 10.5. The predicted octanol–water partition coefficient (Wildman–Crippen LogP) is 2.85. The van der Waals surface area contributed by atoms with Gasteiger partial charge in [-0.25, -0.2) is 4.98 Å². The van der Waals surface area contributed by atoms with E-state index in [1.54, 1.807) is 11.3 Å². The molecular formula is C13H16N2OS. The first-order valence-electron chi connectivity index (χ1n) is 5.65. The Balaban J connectivity index is 2.02. The van der Waals surface area contributed by atoms with Crippen LogP contribution in [0.5, 0.6) is 5.75 Å². The summed E-state index contributed by atoms with van der Waals surface area (Å²) in [5.74, 6) is 0.885. The van der Waals surface area contributed by atoms with Crippen LogP contribution in [-0.4, -0.2) is 18.1 Å². The summed E-state index contributed by atoms with van der Waals surface area (Å²) in [5.41, 5.74) is 7.61. The minimum atomic E-state index is 0.663. The third-order valence-corrected chi connectivity index (χ3v) is 3.35. The minimum Gasteiger partial charge on any atom is -0.494 e. The Kier molecular flexibility index (Phi) is 4.12. The van der Waals surface area contributed by atoms with Crippen molar-refractivity contribution in [2.75, 3.05) is 13.2 Å². The van der Waals surface area contributed by atoms with Crippen LogP contribution in [-0.2, 0) is 0 Å². The highest BCUT2D eigenvalue weighted by atomic mass is 32.1. The molecule has 0 saturated carbocycles. The maximum absolute atomic E-state index is 5.55. The first kappa shape index (κ1) is 12.1. The molecule has 0 aliphatic carbocycles. The summed E-state index contributed by atoms with van der Waals surface area (Å²) in [6.45, 7) is 3.34. The molecule has 0 amide bonds. The van der Waals surface area contributed by atoms with Gasteiger partial charge in [0.25, 0.3) is 0 Å². The molecule has 0 spiro atoms. The number of hydrogen-bond acceptors (Lipinski definition) is 4. The van der Waals surface area contributed by atoms with Gasteiger partial charge in [-0.3, -0.25) is 0 Å². The van der Waals surface area contributed by atoms with Gasteiger partial charge in [-0.05, 0) is 44.2 Å². The highest BCUT2D eigenvalue weighted by Crippen LogP contribution is 2.25. The van der Waals surface area contributed by atoms with Crippen molar-refractivity contribution in [3.63, 3.8) is 0 Å². The predicted molar refractivity (Wildman–Crippen MR) is 71.5 cm³/mol. The topological polar surface area (TPSA) is 48.1 Å². The summed E-state index contributed by atoms with van der Waals surface area (Å²) in [5, 5.41) is 3.11. The number of nitrogens with two attached hydrogens (primary N) is 1. The molecule has 1 aromatic heterocycles. The van der Waals surface area contributed by atoms with Crippen LogP contribution in [0.25, 0.3) is 10.6 Å². The summed E-state index contributed by atoms with van der Waals surface area (Å²) in [6.07, 6.45) is 0.882. The molecule has 2 N–H and O–H groups in total. The van der Waals surface area contributed by atoms with E-state index in [9.17, 15) is 0 Å². The van der Waals surface area contributed by atoms with Crippen molar-refractivity contribution in [2.24, 2.45) is 5.73 Å². The standard InChI is InChI=1S/C13H16N2OS/c1-10-9-17-13(15-10)11-3-5-12(6-4-11)16-8-2-7-14/h3-6,9H,2,7-8,14H2,1H3. The molecule has 1 heterocycles. The smallest absolute Gasteiger partial charge is 0.123 e. The zero-order valence-corrected chi connectivity index (χ0v) is 10.7. The van der Waals surface area contributed by atoms with Crippen molar-refractivity contribution in [3.05, 3.63) is 35.3 Å². The van der Waals surface area contributed by atoms with Crippen LogP contribution < -0.4 is 10.5 Å². The number of aromatic nitrogens is 1. The van der Waals surface area contributed by atoms with Crippen LogP contribution in [0.15, 0.2) is 29.6 Å². The summed E-state index contributed by atoms with van der Waals surface area (Å²) < 4.78 is 5.55. The Bertz CT molecular complexity index is 465. The number of nitrogens with zero attached hydrogens (tertiary/aromatic N) is 1. The van der Waals surface area contributed by atoms with Crippen LogP contribution >= 0.6 is 11.3 Å². The molecule has 2 aromatic rings. The number of aryl methyl sites for hydroxylation is 1. The van der Waals surface area contributed by atoms with Crippen molar-refractivity contribution < 1.29 is 4.74 Å². The van der Waals surface area contributed by atoms with E-state index >= 15 is 0 Å². The van der Waals surface area contributed by atoms with Crippen molar-refractivity contribution >= 4 is 11.3 Å². The van der Waals surface area contributed by atoms with Crippen molar-refractivity contribution in [1.29, 1.82) is 0 Å². The van der Waals surface area contributed by atoms with E-state index in [2.05, 4.69) is 10.4 Å². The highest BCUT2D eigenvalue weighted by molar-refractivity contribution is 7.13. The molecule has 17 heavy (non-hydrogen) atoms. The van der Waals surface area contributed by atoms with Gasteiger partial charge >= 0.3 is 0 Å². The van der Waals surface area contributed by atoms with Gasteiger partial charge in [-0.15, -0.1) is 11.3 Å². The third kappa shape index (κ3) is 3.28. The molecule has 1 aromatic carbocycles. The molecule has 0 unspecified atom stereocenters. The number of benzene rings is 1. The molecular weight excluding hydrogens is 232 g/mol. The lowest BCUT2D eigenvalue weighted by Gasteiger charge is -2.05. The van der Waals surface area contributed by atoms with Crippen LogP contribution in [0.3, 0.4) is 0 Å². The van der Waals surface area contributed by atoms with Crippen LogP contribution in [0, 0.1) is 6.92 Å². The van der Waals surface area contributed by atoms with Crippen molar-refractivity contribution in [2.45, 2.75) is 13.3 Å². The van der Waals surface area contributed by atoms with Gasteiger partial charge in [0.15, 0.2) is 0 Å². The Hall–Kier alpha value is -1.39. The fourth-order valence-corrected chi connectivity index (χ4v) is 2.26. The minimum absolute atomic E-state index is 0.663. The van der Waals surface area contributed by atoms with Gasteiger partial charge in [0, 0.05) is 16.6 Å². The lowest BCUT2D eigenvalue weighted by Crippen LogP contribution is -2.05. The zero-order valence-electron chi connectivity index (χ0n) is 9.85. The fourth-order valence-electron chi connectivity index (χ4n) is 1.45. The molecule has 0 radical (unpaired) electrons. The van der Waals surface area contributed by atoms with E-state index in [-0.39, 0.29) is 0 Å². The summed E-state index contributed by atoms with van der Waals surface area (Å²) in [4.78, 5) is 4.45. The molecule has 0 saturated heterocycles. The Morgan fingerprint density at radius 3 is 2.65 bits per heavy atom. The van der Waals surface area contributed by atoms with Gasteiger partial charge < -0.3 is 10.5 Å². The van der Waals surface area contributed by atoms with Gasteiger partial charge in [0.1, 0.15) is 10.8 Å². The molecule has 0 aliphatic heterocycles. The summed E-state index contributed by atoms with van der Waals surface area (Å²) in [7, 11) is 0. The molecule has 0 aliphatic rings. The highest BCUT2D eigenvalue weighted by Gasteiger charge is 2.02. The second-order valence-electron chi connectivity index (χ2n) is 3.81. The van der Waals surface area contributed by atoms with Crippen LogP contribution in [0.4, 0.5) is 0 Å². The second kappa shape index (κ2) is 5.80. The van der Waals surface area contributed by atoms with E-state index in [0.717, 1.165) is 28.4 Å². The molecule has 3 nitrogen and oxygen atoms in total. The second-order valence-corrected chi connectivity index (χ2v) is 4.67. The van der Waals surface area contributed by atoms with Gasteiger partial charge in [0.2, 0.25) is 0 Å². The zero-order chi connectivity index (χ0) is 12.1. The maximum Gasteiger partial charge on any atom is 0.123 e. The summed E-state index contributed by atoms with van der Waals surface area (Å²) in [6, 6.07) is 8.03. The first-order chi connectivity index (χ1) is 8.29. The van der Waals surface area contributed by atoms with E-state index < -0.39 is 0 Å². The van der Waals surface area contributed by atoms with E-state index in [0.29, 0.717) is 13.2 Å². The average Bonchev–Trinajstić information content (AvgIpc) is 2.77. The summed E-state index contributed by atoms with van der Waals surface area (Å²) >= 11 is 1.66. The fraction of sp³-hybridized carbons (Fsp3) is 0.308. The largest absolute Gasteiger partial charge is 0.494 e. The Morgan fingerprint density at radius 2 is 2.06 bits per heavy atom. The van der Waals surface area contributed by atoms with E-state index in [1.165, 1.54) is 0 Å². The van der Waals surface area contributed by atoms with Gasteiger partial charge in [-0.1, -0.05) is 0 Å². The lowest BCUT2D eigenvalue weighted by molar-refractivity contribution is 0.313. The van der Waals surface area contributed by atoms with E-state index in [1.807, 2.05) is 31.2 Å². The number of thiazole rings is 1. The van der Waals surface area contributed by atoms with E-state index in [4.69, 9.17) is 10.5 Å². The van der Waals surface area contributed by atoms with Gasteiger partial charge in [0.05, 0.1) is 6.61 Å². The Labute approximate surface area is 105 Å². The quantitative estimate of drug-likeness (QED) is 0.828. The number of ether oxygens (including phenoxy) is 1. The van der Waals surface area contributed by atoms with Crippen molar-refractivity contribution in [1.82, 2.24) is 4.98 Å². The SMILES string of the molecule is Cc1csc(-c2ccc(OCCCN)cc2)n1. The maximum atomic E-state index is 5.55. The van der Waals surface area contributed by atoms with Crippen LogP contribution in [0.2, 0.25) is 0 Å². The molecule has 90 valence electrons.